The van der Waals surface area contributed by atoms with Crippen molar-refractivity contribution in [2.24, 2.45) is 5.41 Å². The first kappa shape index (κ1) is 58.3. The Morgan fingerprint density at radius 2 is 1.59 bits per heavy atom. The first-order chi connectivity index (χ1) is 38.9. The lowest BCUT2D eigenvalue weighted by atomic mass is 9.85. The monoisotopic (exact) mass is 1130 g/mol. The van der Waals surface area contributed by atoms with E-state index in [0.29, 0.717) is 98.7 Å². The number of thiazole rings is 1. The van der Waals surface area contributed by atoms with Crippen molar-refractivity contribution in [1.29, 1.82) is 0 Å². The molecule has 0 aliphatic carbocycles. The molecule has 81 heavy (non-hydrogen) atoms. The summed E-state index contributed by atoms with van der Waals surface area (Å²) in [7, 11) is 0. The lowest BCUT2D eigenvalue weighted by Gasteiger charge is -2.36. The summed E-state index contributed by atoms with van der Waals surface area (Å²) in [5.41, 5.74) is 8.08. The third kappa shape index (κ3) is 15.4. The van der Waals surface area contributed by atoms with Crippen LogP contribution >= 0.6 is 11.3 Å². The van der Waals surface area contributed by atoms with Gasteiger partial charge in [-0.25, -0.2) is 13.8 Å². The predicted molar refractivity (Wildman–Crippen MR) is 309 cm³/mol. The number of H-pyrrole nitrogens is 1. The quantitative estimate of drug-likeness (QED) is 0.0352. The Kier molecular flexibility index (Phi) is 19.1. The van der Waals surface area contributed by atoms with E-state index in [-0.39, 0.29) is 68.6 Å². The molecule has 3 aliphatic heterocycles. The van der Waals surface area contributed by atoms with Crippen molar-refractivity contribution in [2.75, 3.05) is 74.6 Å². The highest BCUT2D eigenvalue weighted by molar-refractivity contribution is 7.13. The zero-order chi connectivity index (χ0) is 57.2. The van der Waals surface area contributed by atoms with E-state index >= 15 is 0 Å². The number of amides is 5. The van der Waals surface area contributed by atoms with Crippen LogP contribution in [0.4, 0.5) is 26.0 Å². The summed E-state index contributed by atoms with van der Waals surface area (Å²) in [6, 6.07) is 20.9. The summed E-state index contributed by atoms with van der Waals surface area (Å²) in [5.74, 6) is -2.45. The van der Waals surface area contributed by atoms with E-state index in [1.54, 1.807) is 11.3 Å². The second-order valence-corrected chi connectivity index (χ2v) is 23.3. The number of rotatable bonds is 21. The van der Waals surface area contributed by atoms with Gasteiger partial charge in [-0.05, 0) is 109 Å². The van der Waals surface area contributed by atoms with Crippen LogP contribution in [0.2, 0.25) is 0 Å². The summed E-state index contributed by atoms with van der Waals surface area (Å²) >= 11 is 1.57. The molecule has 18 nitrogen and oxygen atoms in total. The number of β-amino-alcohol motifs (C(OH)–C–C–N with tert-alkyl or cyclic N) is 1. The molecule has 7 N–H and O–H groups in total. The van der Waals surface area contributed by atoms with Crippen LogP contribution < -0.4 is 31.5 Å². The minimum absolute atomic E-state index is 0.00960. The zero-order valence-corrected chi connectivity index (χ0v) is 47.2. The number of aryl methyl sites for hydroxylation is 1. The van der Waals surface area contributed by atoms with Crippen LogP contribution in [0.5, 0.6) is 0 Å². The highest BCUT2D eigenvalue weighted by atomic mass is 32.1. The Morgan fingerprint density at radius 3 is 2.31 bits per heavy atom. The lowest BCUT2D eigenvalue weighted by Crippen LogP contribution is -2.57. The van der Waals surface area contributed by atoms with Gasteiger partial charge in [0.2, 0.25) is 23.6 Å². The number of aromatic nitrogens is 3. The average Bonchev–Trinajstić information content (AvgIpc) is 4.30. The summed E-state index contributed by atoms with van der Waals surface area (Å²) in [6.07, 6.45) is 3.19. The standard InChI is InChI=1S/C60H73F2N11O7S/c1-37-54(81-36-65-37)41-12-9-38(10-13-41)33-64-58(78)51-32-46(74)34-73(51)59(79)55(60(2,3)4)67-52(75)8-6-5-7-19-63-53(76)35-71-20-22-72(23-21-71)45-14-15-47(50(31-45)66-44-17-24-80-25-18-44)57(77)68-56-48-29-39(11-16-49(48)69-70-56)26-40-27-42(61)30-43(62)28-40/h9-16,27-31,36,44,46,51,55,66,74H,5-8,17-26,32-35H2,1-4H3,(H,63,76)(H,64,78)(H,67,75)(H2,68,69,70,77)/t46-,51+,55-/m1/s1. The number of aromatic amines is 1. The van der Waals surface area contributed by atoms with Gasteiger partial charge in [0, 0.05) is 101 Å². The van der Waals surface area contributed by atoms with Crippen LogP contribution in [0.1, 0.15) is 98.5 Å². The maximum absolute atomic E-state index is 14.1. The number of aliphatic hydroxyl groups excluding tert-OH is 1. The van der Waals surface area contributed by atoms with Crippen LogP contribution in [-0.2, 0) is 36.9 Å². The Labute approximate surface area is 474 Å². The van der Waals surface area contributed by atoms with Gasteiger partial charge in [-0.3, -0.25) is 34.0 Å². The molecule has 430 valence electrons. The number of fused-ring (bicyclic) bond motifs is 1. The van der Waals surface area contributed by atoms with Gasteiger partial charge < -0.3 is 46.2 Å². The fraction of sp³-hybridized carbons (Fsp3) is 0.450. The molecule has 9 rings (SSSR count). The topological polar surface area (TPSA) is 226 Å². The van der Waals surface area contributed by atoms with Crippen LogP contribution in [0.3, 0.4) is 0 Å². The molecule has 5 heterocycles. The summed E-state index contributed by atoms with van der Waals surface area (Å²) in [4.78, 5) is 79.2. The number of likely N-dealkylation sites (tertiary alicyclic amines) is 1. The number of nitrogens with one attached hydrogen (secondary N) is 6. The molecule has 4 aromatic carbocycles. The molecule has 3 atom stereocenters. The largest absolute Gasteiger partial charge is 0.391 e. The fourth-order valence-corrected chi connectivity index (χ4v) is 11.6. The van der Waals surface area contributed by atoms with E-state index in [1.807, 2.05) is 93.9 Å². The van der Waals surface area contributed by atoms with Gasteiger partial charge in [0.25, 0.3) is 5.91 Å². The first-order valence-electron chi connectivity index (χ1n) is 27.9. The molecule has 2 aromatic heterocycles. The van der Waals surface area contributed by atoms with Crippen LogP contribution in [0.25, 0.3) is 21.3 Å². The van der Waals surface area contributed by atoms with Crippen molar-refractivity contribution >= 4 is 69.0 Å². The average molecular weight is 1130 g/mol. The SMILES string of the molecule is Cc1ncsc1-c1ccc(CNC(=O)[C@@H]2C[C@@H](O)CN2C(=O)[C@@H](NC(=O)CCCCCNC(=O)CN2CCN(c3ccc(C(=O)Nc4n[nH]c5ccc(Cc6cc(F)cc(F)c6)cc45)c(NC4CCOCC4)c3)CC2)C(C)(C)C)cc1. The second kappa shape index (κ2) is 26.5. The Balaban J connectivity index is 0.704. The Morgan fingerprint density at radius 1 is 0.852 bits per heavy atom. The maximum atomic E-state index is 14.1. The maximum Gasteiger partial charge on any atom is 0.258 e. The molecule has 0 unspecified atom stereocenters. The number of hydrogen-bond donors (Lipinski definition) is 7. The van der Waals surface area contributed by atoms with Gasteiger partial charge in [-0.2, -0.15) is 5.10 Å². The highest BCUT2D eigenvalue weighted by Gasteiger charge is 2.44. The van der Waals surface area contributed by atoms with E-state index in [4.69, 9.17) is 4.74 Å². The molecule has 0 spiro atoms. The minimum Gasteiger partial charge on any atom is -0.391 e. The molecule has 21 heteroatoms. The van der Waals surface area contributed by atoms with Crippen molar-refractivity contribution in [3.8, 4) is 10.4 Å². The first-order valence-corrected chi connectivity index (χ1v) is 28.8. The number of carbonyl (C=O) groups is 5. The van der Waals surface area contributed by atoms with E-state index in [1.165, 1.54) is 17.0 Å². The molecular weight excluding hydrogens is 1060 g/mol. The van der Waals surface area contributed by atoms with Gasteiger partial charge in [-0.1, -0.05) is 57.5 Å². The summed E-state index contributed by atoms with van der Waals surface area (Å²) in [6.45, 7) is 12.4. The van der Waals surface area contributed by atoms with E-state index in [2.05, 4.69) is 51.6 Å². The molecule has 3 aliphatic rings. The molecule has 0 bridgehead atoms. The Bertz CT molecular complexity index is 3170. The van der Waals surface area contributed by atoms with Gasteiger partial charge in [0.15, 0.2) is 5.82 Å². The number of unbranched alkanes of at least 4 members (excludes halogenated alkanes) is 2. The summed E-state index contributed by atoms with van der Waals surface area (Å²) in [5, 5.41) is 34.2. The molecule has 0 radical (unpaired) electrons. The second-order valence-electron chi connectivity index (χ2n) is 22.5. The van der Waals surface area contributed by atoms with Crippen molar-refractivity contribution in [3.63, 3.8) is 0 Å². The third-order valence-electron chi connectivity index (χ3n) is 15.2. The van der Waals surface area contributed by atoms with E-state index in [9.17, 15) is 37.9 Å². The number of benzene rings is 4. The predicted octanol–water partition coefficient (Wildman–Crippen LogP) is 7.31. The third-order valence-corrected chi connectivity index (χ3v) is 16.2. The van der Waals surface area contributed by atoms with Gasteiger partial charge in [0.1, 0.15) is 23.7 Å². The van der Waals surface area contributed by atoms with Crippen LogP contribution in [0, 0.1) is 24.0 Å². The minimum atomic E-state index is -0.921. The number of halogens is 2. The molecule has 3 saturated heterocycles. The van der Waals surface area contributed by atoms with E-state index < -0.39 is 41.1 Å². The zero-order valence-electron chi connectivity index (χ0n) is 46.4. The van der Waals surface area contributed by atoms with Gasteiger partial charge in [0.05, 0.1) is 39.8 Å². The number of aliphatic hydroxyl groups is 1. The van der Waals surface area contributed by atoms with Crippen molar-refractivity contribution in [2.45, 2.75) is 110 Å². The lowest BCUT2D eigenvalue weighted by molar-refractivity contribution is -0.144. The number of anilines is 3. The number of ether oxygens (including phenoxy) is 1. The van der Waals surface area contributed by atoms with Gasteiger partial charge in [-0.15, -0.1) is 11.3 Å². The molecule has 6 aromatic rings. The highest BCUT2D eigenvalue weighted by Crippen LogP contribution is 2.32. The number of carbonyl (C=O) groups excluding carboxylic acids is 5. The number of nitrogens with zero attached hydrogens (tertiary/aromatic N) is 5. The van der Waals surface area contributed by atoms with Crippen LogP contribution in [0.15, 0.2) is 84.4 Å². The number of piperazine rings is 1. The smallest absolute Gasteiger partial charge is 0.258 e. The molecular formula is C60H73F2N11O7S. The molecule has 0 saturated carbocycles. The van der Waals surface area contributed by atoms with Crippen molar-refractivity contribution < 1.29 is 42.6 Å². The normalized spacial score (nSPS) is 17.5. The van der Waals surface area contributed by atoms with Crippen molar-refractivity contribution in [3.05, 3.63) is 124 Å². The molecule has 3 fully saturated rings. The van der Waals surface area contributed by atoms with E-state index in [0.717, 1.165) is 51.9 Å². The van der Waals surface area contributed by atoms with Gasteiger partial charge >= 0.3 is 0 Å². The fourth-order valence-electron chi connectivity index (χ4n) is 10.7. The Hall–Kier alpha value is -7.33. The van der Waals surface area contributed by atoms with Crippen LogP contribution in [-0.4, -0.2) is 143 Å². The van der Waals surface area contributed by atoms with Crippen molar-refractivity contribution in [1.82, 2.24) is 40.9 Å². The molecule has 5 amide bonds. The summed E-state index contributed by atoms with van der Waals surface area (Å²) < 4.78 is 33.5. The number of hydrogen-bond acceptors (Lipinski definition) is 13.